The van der Waals surface area contributed by atoms with Crippen LogP contribution in [-0.4, -0.2) is 0 Å². The molecule has 0 aliphatic heterocycles. The van der Waals surface area contributed by atoms with Crippen molar-refractivity contribution in [2.24, 2.45) is 0 Å². The van der Waals surface area contributed by atoms with Gasteiger partial charge in [-0.2, -0.15) is 0 Å². The molecule has 15 rings (SSSR count). The first-order valence-corrected chi connectivity index (χ1v) is 34.0. The Kier molecular flexibility index (Phi) is 15.6. The van der Waals surface area contributed by atoms with Crippen molar-refractivity contribution in [1.82, 2.24) is 0 Å². The molecule has 0 bridgehead atoms. The Labute approximate surface area is 573 Å². The van der Waals surface area contributed by atoms with Gasteiger partial charge in [-0.3, -0.25) is 0 Å². The number of fused-ring (bicyclic) bond motifs is 6. The van der Waals surface area contributed by atoms with Crippen LogP contribution >= 0.6 is 0 Å². The maximum atomic E-state index is 4.51. The van der Waals surface area contributed by atoms with Crippen molar-refractivity contribution in [3.63, 3.8) is 0 Å². The first-order chi connectivity index (χ1) is 47.2. The molecule has 2 unspecified atom stereocenters. The van der Waals surface area contributed by atoms with E-state index in [1.165, 1.54) is 93.9 Å². The molecule has 0 spiro atoms. The van der Waals surface area contributed by atoms with Crippen LogP contribution in [0.1, 0.15) is 115 Å². The van der Waals surface area contributed by atoms with Gasteiger partial charge in [0.1, 0.15) is 0 Å². The number of rotatable bonds is 15. The standard InChI is InChI=1S/C95H80N2/c1-11-23-86-80(14-4)84-60-58-78(62-88(84)94(86,72-42-34-64(12-2)35-43-72)74-50-46-70(47-51-74)92(5,6)7)96(90-32-21-26-68-24-15-17-28-81(68)90)76-54-38-66(39-55-76)67-40-56-77(57-41-67)97(91-33-22-27-69-25-16-18-29-82(69)91)79-59-61-85-83-30-19-20-31-87(83)95(89(85)63-79,73-44-36-65(13-3)37-45-73)75-52-48-71(49-53-75)93(8,9)10/h11-63H,2-4H2,1,5-10H3/b23-11-. The first kappa shape index (κ1) is 61.8. The summed E-state index contributed by atoms with van der Waals surface area (Å²) < 4.78 is 0. The zero-order valence-electron chi connectivity index (χ0n) is 56.6. The zero-order valence-corrected chi connectivity index (χ0v) is 56.6. The summed E-state index contributed by atoms with van der Waals surface area (Å²) in [6.45, 7) is 28.6. The number of nitrogens with zero attached hydrogens (tertiary/aromatic N) is 2. The highest BCUT2D eigenvalue weighted by Crippen LogP contribution is 2.60. The summed E-state index contributed by atoms with van der Waals surface area (Å²) in [5.74, 6) is 0. The maximum Gasteiger partial charge on any atom is 0.0714 e. The number of benzene rings is 13. The third-order valence-electron chi connectivity index (χ3n) is 20.6. The molecule has 0 saturated carbocycles. The summed E-state index contributed by atoms with van der Waals surface area (Å²) in [5, 5.41) is 4.70. The van der Waals surface area contributed by atoms with Crippen LogP contribution in [0.15, 0.2) is 335 Å². The van der Waals surface area contributed by atoms with Crippen LogP contribution in [0.2, 0.25) is 0 Å². The molecule has 0 fully saturated rings. The van der Waals surface area contributed by atoms with E-state index in [4.69, 9.17) is 0 Å². The van der Waals surface area contributed by atoms with Crippen molar-refractivity contribution < 1.29 is 0 Å². The molecule has 470 valence electrons. The second-order valence-corrected chi connectivity index (χ2v) is 28.1. The monoisotopic (exact) mass is 1250 g/mol. The fourth-order valence-corrected chi connectivity index (χ4v) is 15.7. The molecule has 13 aromatic carbocycles. The summed E-state index contributed by atoms with van der Waals surface area (Å²) in [5.41, 5.74) is 26.7. The van der Waals surface area contributed by atoms with Crippen molar-refractivity contribution >= 4 is 73.4 Å². The second kappa shape index (κ2) is 24.5. The summed E-state index contributed by atoms with van der Waals surface area (Å²) in [7, 11) is 0. The Hall–Kier alpha value is -11.3. The highest BCUT2D eigenvalue weighted by Gasteiger charge is 2.48. The Morgan fingerprint density at radius 3 is 1.15 bits per heavy atom. The Morgan fingerprint density at radius 1 is 0.330 bits per heavy atom. The van der Waals surface area contributed by atoms with Crippen LogP contribution in [0.25, 0.3) is 61.5 Å². The average Bonchev–Trinajstić information content (AvgIpc) is 1.56. The van der Waals surface area contributed by atoms with E-state index in [-0.39, 0.29) is 10.8 Å². The van der Waals surface area contributed by atoms with E-state index in [0.717, 1.165) is 62.0 Å². The lowest BCUT2D eigenvalue weighted by Crippen LogP contribution is -2.30. The summed E-state index contributed by atoms with van der Waals surface area (Å²) in [4.78, 5) is 4.92. The van der Waals surface area contributed by atoms with Gasteiger partial charge in [-0.25, -0.2) is 0 Å². The van der Waals surface area contributed by atoms with E-state index >= 15 is 0 Å². The smallest absolute Gasteiger partial charge is 0.0714 e. The fraction of sp³-hybridized carbons (Fsp3) is 0.116. The summed E-state index contributed by atoms with van der Waals surface area (Å²) in [6.07, 6.45) is 10.4. The van der Waals surface area contributed by atoms with Gasteiger partial charge in [0, 0.05) is 33.5 Å². The van der Waals surface area contributed by atoms with Gasteiger partial charge in [-0.05, 0) is 189 Å². The van der Waals surface area contributed by atoms with E-state index < -0.39 is 10.8 Å². The van der Waals surface area contributed by atoms with Gasteiger partial charge in [-0.15, -0.1) is 0 Å². The number of hydrogen-bond donors (Lipinski definition) is 0. The molecule has 2 atom stereocenters. The minimum absolute atomic E-state index is 0.00140. The molecule has 97 heavy (non-hydrogen) atoms. The third kappa shape index (κ3) is 10.3. The van der Waals surface area contributed by atoms with E-state index in [1.807, 2.05) is 12.2 Å². The zero-order chi connectivity index (χ0) is 66.8. The van der Waals surface area contributed by atoms with Gasteiger partial charge in [0.05, 0.1) is 22.2 Å². The van der Waals surface area contributed by atoms with Crippen molar-refractivity contribution in [2.75, 3.05) is 9.80 Å². The molecule has 0 heterocycles. The lowest BCUT2D eigenvalue weighted by molar-refractivity contribution is 0.589. The largest absolute Gasteiger partial charge is 0.310 e. The molecule has 0 amide bonds. The SMILES string of the molecule is C=CC1=C(/C=C\C)C(c2ccc(C=C)cc2)(c2ccc(C(C)(C)C)cc2)c2cc(N(c3ccc(-c4ccc(N(c5ccc6c(c5)C(c5ccc(C=C)cc5)(c5ccc(C(C)(C)C)cc5)c5ccccc5-6)c5cccc6ccccc56)cc4)cc3)c3cccc4ccccc34)ccc21. The summed E-state index contributed by atoms with van der Waals surface area (Å²) in [6, 6.07) is 109. The molecule has 0 saturated heterocycles. The van der Waals surface area contributed by atoms with Gasteiger partial charge >= 0.3 is 0 Å². The lowest BCUT2D eigenvalue weighted by Gasteiger charge is -2.36. The van der Waals surface area contributed by atoms with Crippen molar-refractivity contribution in [1.29, 1.82) is 0 Å². The van der Waals surface area contributed by atoms with Gasteiger partial charge in [-0.1, -0.05) is 322 Å². The Morgan fingerprint density at radius 2 is 0.711 bits per heavy atom. The molecule has 0 N–H and O–H groups in total. The first-order valence-electron chi connectivity index (χ1n) is 34.0. The second-order valence-electron chi connectivity index (χ2n) is 28.1. The van der Waals surface area contributed by atoms with Crippen molar-refractivity contribution in [3.8, 4) is 22.3 Å². The molecule has 2 aliphatic carbocycles. The molecular formula is C95H80N2. The van der Waals surface area contributed by atoms with E-state index in [1.54, 1.807) is 0 Å². The third-order valence-corrected chi connectivity index (χ3v) is 20.6. The van der Waals surface area contributed by atoms with Crippen LogP contribution in [0, 0.1) is 0 Å². The predicted molar refractivity (Wildman–Crippen MR) is 416 cm³/mol. The van der Waals surface area contributed by atoms with Crippen LogP contribution in [-0.2, 0) is 21.7 Å². The van der Waals surface area contributed by atoms with Crippen LogP contribution in [0.5, 0.6) is 0 Å². The number of anilines is 6. The quantitative estimate of drug-likeness (QED) is 0.101. The lowest BCUT2D eigenvalue weighted by atomic mass is 9.66. The fourth-order valence-electron chi connectivity index (χ4n) is 15.7. The molecule has 13 aromatic rings. The average molecular weight is 1250 g/mol. The van der Waals surface area contributed by atoms with E-state index in [2.05, 4.69) is 387 Å². The van der Waals surface area contributed by atoms with Crippen LogP contribution in [0.3, 0.4) is 0 Å². The summed E-state index contributed by atoms with van der Waals surface area (Å²) >= 11 is 0. The number of hydrogen-bond acceptors (Lipinski definition) is 2. The molecule has 0 aromatic heterocycles. The maximum absolute atomic E-state index is 4.51. The van der Waals surface area contributed by atoms with Gasteiger partial charge in [0.25, 0.3) is 0 Å². The highest BCUT2D eigenvalue weighted by molar-refractivity contribution is 6.02. The van der Waals surface area contributed by atoms with Gasteiger partial charge in [0.2, 0.25) is 0 Å². The van der Waals surface area contributed by atoms with Crippen LogP contribution < -0.4 is 9.80 Å². The van der Waals surface area contributed by atoms with Gasteiger partial charge in [0.15, 0.2) is 0 Å². The number of allylic oxidation sites excluding steroid dienone is 5. The predicted octanol–water partition coefficient (Wildman–Crippen LogP) is 25.7. The molecular weight excluding hydrogens is 1170 g/mol. The minimum Gasteiger partial charge on any atom is -0.310 e. The Bertz CT molecular complexity index is 5250. The molecule has 2 aliphatic rings. The van der Waals surface area contributed by atoms with Crippen molar-refractivity contribution in [2.45, 2.75) is 70.1 Å². The Balaban J connectivity index is 0.863. The van der Waals surface area contributed by atoms with E-state index in [9.17, 15) is 0 Å². The molecule has 2 nitrogen and oxygen atoms in total. The van der Waals surface area contributed by atoms with Crippen LogP contribution in [0.4, 0.5) is 34.1 Å². The highest BCUT2D eigenvalue weighted by atomic mass is 15.1. The van der Waals surface area contributed by atoms with Gasteiger partial charge < -0.3 is 9.80 Å². The van der Waals surface area contributed by atoms with E-state index in [0.29, 0.717) is 0 Å². The molecule has 0 radical (unpaired) electrons. The normalized spacial score (nSPS) is 15.7. The molecule has 2 heteroatoms. The van der Waals surface area contributed by atoms with Crippen molar-refractivity contribution in [3.05, 3.63) is 401 Å². The minimum atomic E-state index is -0.685. The topological polar surface area (TPSA) is 6.48 Å².